The molecule has 0 radical (unpaired) electrons. The Morgan fingerprint density at radius 3 is 2.58 bits per heavy atom. The van der Waals surface area contributed by atoms with Crippen LogP contribution in [0.1, 0.15) is 6.42 Å². The van der Waals surface area contributed by atoms with Crippen LogP contribution >= 0.6 is 0 Å². The highest BCUT2D eigenvalue weighted by Gasteiger charge is 2.43. The molecule has 2 unspecified atom stereocenters. The average molecular weight is 285 g/mol. The molecule has 1 heterocycles. The zero-order valence-corrected chi connectivity index (χ0v) is 10.9. The minimum Gasteiger partial charge on any atom is -0.392 e. The third-order valence-corrected chi connectivity index (χ3v) is 4.92. The maximum atomic E-state index is 12.4. The molecule has 1 saturated heterocycles. The molecule has 1 aliphatic heterocycles. The number of nitrogens with zero attached hydrogens (tertiary/aromatic N) is 1. The second kappa shape index (κ2) is 5.25. The van der Waals surface area contributed by atoms with Crippen molar-refractivity contribution in [1.29, 1.82) is 0 Å². The molecule has 1 aromatic carbocycles. The van der Waals surface area contributed by atoms with Gasteiger partial charge in [-0.1, -0.05) is 18.2 Å². The summed E-state index contributed by atoms with van der Waals surface area (Å²) in [6.45, 7) is -0.116. The molecule has 7 nitrogen and oxygen atoms in total. The highest BCUT2D eigenvalue weighted by Crippen LogP contribution is 2.26. The number of sulfonamides is 1. The lowest BCUT2D eigenvalue weighted by Gasteiger charge is -2.22. The van der Waals surface area contributed by atoms with Crippen LogP contribution in [0, 0.1) is 0 Å². The maximum absolute atomic E-state index is 12.4. The van der Waals surface area contributed by atoms with E-state index < -0.39 is 28.1 Å². The third kappa shape index (κ3) is 2.61. The number of aliphatic hydroxyl groups excluding tert-OH is 1. The summed E-state index contributed by atoms with van der Waals surface area (Å²) in [7, 11) is -3.82. The van der Waals surface area contributed by atoms with Crippen molar-refractivity contribution >= 4 is 15.9 Å². The standard InChI is InChI=1S/C11H15N3O4S/c12-13-11(16)10-6-8(15)7-14(10)19(17,18)9-4-2-1-3-5-9/h1-5,8,10,15H,6-7,12H2,(H,13,16). The topological polar surface area (TPSA) is 113 Å². The van der Waals surface area contributed by atoms with E-state index in [4.69, 9.17) is 5.84 Å². The molecule has 2 atom stereocenters. The summed E-state index contributed by atoms with van der Waals surface area (Å²) in [6.07, 6.45) is -0.837. The fourth-order valence-electron chi connectivity index (χ4n) is 2.11. The van der Waals surface area contributed by atoms with Crippen molar-refractivity contribution in [3.05, 3.63) is 30.3 Å². The minimum atomic E-state index is -3.82. The summed E-state index contributed by atoms with van der Waals surface area (Å²) in [6, 6.07) is 6.79. The van der Waals surface area contributed by atoms with E-state index in [9.17, 15) is 18.3 Å². The van der Waals surface area contributed by atoms with Gasteiger partial charge in [-0.25, -0.2) is 14.3 Å². The number of hydrogen-bond donors (Lipinski definition) is 3. The van der Waals surface area contributed by atoms with Crippen molar-refractivity contribution < 1.29 is 18.3 Å². The van der Waals surface area contributed by atoms with Gasteiger partial charge in [0, 0.05) is 13.0 Å². The van der Waals surface area contributed by atoms with E-state index in [1.807, 2.05) is 5.43 Å². The zero-order valence-electron chi connectivity index (χ0n) is 10.1. The van der Waals surface area contributed by atoms with Gasteiger partial charge in [0.1, 0.15) is 6.04 Å². The van der Waals surface area contributed by atoms with Crippen LogP contribution in [0.3, 0.4) is 0 Å². The van der Waals surface area contributed by atoms with Crippen molar-refractivity contribution in [1.82, 2.24) is 9.73 Å². The van der Waals surface area contributed by atoms with E-state index >= 15 is 0 Å². The lowest BCUT2D eigenvalue weighted by Crippen LogP contribution is -2.47. The summed E-state index contributed by atoms with van der Waals surface area (Å²) >= 11 is 0. The highest BCUT2D eigenvalue weighted by molar-refractivity contribution is 7.89. The van der Waals surface area contributed by atoms with Crippen molar-refractivity contribution in [2.24, 2.45) is 5.84 Å². The number of carbonyl (C=O) groups is 1. The first-order chi connectivity index (χ1) is 8.96. The molecule has 0 spiro atoms. The largest absolute Gasteiger partial charge is 0.392 e. The first kappa shape index (κ1) is 13.9. The van der Waals surface area contributed by atoms with E-state index in [0.717, 1.165) is 4.31 Å². The molecule has 0 aliphatic carbocycles. The van der Waals surface area contributed by atoms with Crippen LogP contribution in [-0.4, -0.2) is 42.4 Å². The number of hydrazine groups is 1. The van der Waals surface area contributed by atoms with Crippen LogP contribution in [0.25, 0.3) is 0 Å². The molecule has 8 heteroatoms. The second-order valence-corrected chi connectivity index (χ2v) is 6.19. The predicted molar refractivity (Wildman–Crippen MR) is 67.1 cm³/mol. The molecule has 1 fully saturated rings. The van der Waals surface area contributed by atoms with E-state index in [0.29, 0.717) is 0 Å². The van der Waals surface area contributed by atoms with E-state index in [2.05, 4.69) is 0 Å². The number of carbonyl (C=O) groups excluding carboxylic acids is 1. The van der Waals surface area contributed by atoms with Gasteiger partial charge >= 0.3 is 0 Å². The molecule has 0 aromatic heterocycles. The Balaban J connectivity index is 2.36. The summed E-state index contributed by atoms with van der Waals surface area (Å²) in [5.41, 5.74) is 1.92. The summed E-state index contributed by atoms with van der Waals surface area (Å²) in [5.74, 6) is 4.41. The lowest BCUT2D eigenvalue weighted by molar-refractivity contribution is -0.124. The van der Waals surface area contributed by atoms with Gasteiger partial charge < -0.3 is 5.11 Å². The SMILES string of the molecule is NNC(=O)C1CC(O)CN1S(=O)(=O)c1ccccc1. The first-order valence-corrected chi connectivity index (χ1v) is 7.16. The fraction of sp³-hybridized carbons (Fsp3) is 0.364. The number of β-amino-alcohol motifs (C(OH)–C–C–N with tert-alkyl or cyclic N) is 1. The molecule has 4 N–H and O–H groups in total. The predicted octanol–water partition coefficient (Wildman–Crippen LogP) is -1.20. The maximum Gasteiger partial charge on any atom is 0.252 e. The number of hydrogen-bond acceptors (Lipinski definition) is 5. The molecule has 2 rings (SSSR count). The quantitative estimate of drug-likeness (QED) is 0.367. The van der Waals surface area contributed by atoms with E-state index in [1.165, 1.54) is 12.1 Å². The minimum absolute atomic E-state index is 0.0368. The van der Waals surface area contributed by atoms with Gasteiger partial charge in [-0.05, 0) is 12.1 Å². The Bertz CT molecular complexity index is 561. The molecule has 104 valence electrons. The van der Waals surface area contributed by atoms with Gasteiger partial charge in [0.2, 0.25) is 10.0 Å². The summed E-state index contributed by atoms with van der Waals surface area (Å²) in [5, 5.41) is 9.60. The van der Waals surface area contributed by atoms with Crippen LogP contribution < -0.4 is 11.3 Å². The van der Waals surface area contributed by atoms with Gasteiger partial charge in [-0.15, -0.1) is 0 Å². The van der Waals surface area contributed by atoms with Gasteiger partial charge in [0.25, 0.3) is 5.91 Å². The number of nitrogens with two attached hydrogens (primary N) is 1. The Labute approximate surface area is 111 Å². The Kier molecular flexibility index (Phi) is 3.85. The van der Waals surface area contributed by atoms with Crippen LogP contribution in [0.2, 0.25) is 0 Å². The molecule has 1 aliphatic rings. The van der Waals surface area contributed by atoms with Gasteiger partial charge in [-0.3, -0.25) is 10.2 Å². The van der Waals surface area contributed by atoms with Crippen molar-refractivity contribution in [2.75, 3.05) is 6.54 Å². The van der Waals surface area contributed by atoms with Gasteiger partial charge in [0.05, 0.1) is 11.0 Å². The van der Waals surface area contributed by atoms with Crippen molar-refractivity contribution in [2.45, 2.75) is 23.5 Å². The van der Waals surface area contributed by atoms with Crippen LogP contribution in [0.15, 0.2) is 35.2 Å². The molecule has 0 bridgehead atoms. The molecular formula is C11H15N3O4S. The lowest BCUT2D eigenvalue weighted by atomic mass is 10.2. The monoisotopic (exact) mass is 285 g/mol. The van der Waals surface area contributed by atoms with Crippen LogP contribution in [0.4, 0.5) is 0 Å². The van der Waals surface area contributed by atoms with Gasteiger partial charge in [0.15, 0.2) is 0 Å². The Hall–Kier alpha value is -1.48. The number of nitrogens with one attached hydrogen (secondary N) is 1. The number of benzene rings is 1. The third-order valence-electron chi connectivity index (χ3n) is 3.03. The van der Waals surface area contributed by atoms with E-state index in [1.54, 1.807) is 18.2 Å². The number of amides is 1. The van der Waals surface area contributed by atoms with E-state index in [-0.39, 0.29) is 17.9 Å². The molecular weight excluding hydrogens is 270 g/mol. The molecule has 0 saturated carbocycles. The van der Waals surface area contributed by atoms with Crippen molar-refractivity contribution in [3.63, 3.8) is 0 Å². The normalized spacial score (nSPS) is 24.3. The molecule has 1 aromatic rings. The molecule has 19 heavy (non-hydrogen) atoms. The average Bonchev–Trinajstić information content (AvgIpc) is 2.81. The fourth-order valence-corrected chi connectivity index (χ4v) is 3.77. The highest BCUT2D eigenvalue weighted by atomic mass is 32.2. The smallest absolute Gasteiger partial charge is 0.252 e. The molecule has 1 amide bonds. The zero-order chi connectivity index (χ0) is 14.0. The van der Waals surface area contributed by atoms with Crippen LogP contribution in [-0.2, 0) is 14.8 Å². The summed E-state index contributed by atoms with van der Waals surface area (Å²) in [4.78, 5) is 11.7. The van der Waals surface area contributed by atoms with Gasteiger partial charge in [-0.2, -0.15) is 4.31 Å². The van der Waals surface area contributed by atoms with Crippen LogP contribution in [0.5, 0.6) is 0 Å². The Morgan fingerprint density at radius 2 is 2.00 bits per heavy atom. The first-order valence-electron chi connectivity index (χ1n) is 5.72. The second-order valence-electron chi connectivity index (χ2n) is 4.30. The number of rotatable bonds is 3. The number of aliphatic hydroxyl groups is 1. The Morgan fingerprint density at radius 1 is 1.37 bits per heavy atom. The van der Waals surface area contributed by atoms with Crippen molar-refractivity contribution in [3.8, 4) is 0 Å². The summed E-state index contributed by atoms with van der Waals surface area (Å²) < 4.78 is 25.8.